The molecule has 1 aromatic carbocycles. The third-order valence-corrected chi connectivity index (χ3v) is 8.07. The van der Waals surface area contributed by atoms with Gasteiger partial charge in [-0.3, -0.25) is 10.1 Å². The molecule has 0 radical (unpaired) electrons. The lowest BCUT2D eigenvalue weighted by atomic mass is 9.75. The molecule has 0 saturated carbocycles. The van der Waals surface area contributed by atoms with E-state index in [-0.39, 0.29) is 6.03 Å². The Bertz CT molecular complexity index is 1190. The molecule has 2 amide bonds. The molecule has 0 unspecified atom stereocenters. The SMILES string of the molecule is CCCC1(C(=O)O)CCN(c2ncc(-c3cc(Br)c4sc(NC(=O)NCC)nc4c3)cn2)CC1. The van der Waals surface area contributed by atoms with Gasteiger partial charge in [0.25, 0.3) is 0 Å². The normalized spacial score (nSPS) is 15.3. The average molecular weight is 547 g/mol. The molecule has 34 heavy (non-hydrogen) atoms. The lowest BCUT2D eigenvalue weighted by molar-refractivity contribution is -0.150. The van der Waals surface area contributed by atoms with E-state index in [4.69, 9.17) is 0 Å². The Morgan fingerprint density at radius 3 is 2.50 bits per heavy atom. The van der Waals surface area contributed by atoms with E-state index in [2.05, 4.69) is 46.4 Å². The van der Waals surface area contributed by atoms with Gasteiger partial charge in [0.2, 0.25) is 5.95 Å². The van der Waals surface area contributed by atoms with Crippen LogP contribution in [0, 0.1) is 5.41 Å². The summed E-state index contributed by atoms with van der Waals surface area (Å²) in [6.45, 7) is 5.68. The predicted octanol–water partition coefficient (Wildman–Crippen LogP) is 5.13. The number of hydrogen-bond acceptors (Lipinski definition) is 7. The van der Waals surface area contributed by atoms with Crippen LogP contribution in [0.2, 0.25) is 0 Å². The van der Waals surface area contributed by atoms with Crippen molar-refractivity contribution in [2.45, 2.75) is 39.5 Å². The van der Waals surface area contributed by atoms with E-state index in [1.165, 1.54) is 11.3 Å². The number of carbonyl (C=O) groups excluding carboxylic acids is 1. The fourth-order valence-electron chi connectivity index (χ4n) is 4.33. The molecule has 3 heterocycles. The second-order valence-corrected chi connectivity index (χ2v) is 10.3. The van der Waals surface area contributed by atoms with E-state index in [1.54, 1.807) is 12.4 Å². The Morgan fingerprint density at radius 2 is 1.88 bits per heavy atom. The summed E-state index contributed by atoms with van der Waals surface area (Å²) in [6.07, 6.45) is 6.32. The van der Waals surface area contributed by atoms with Crippen molar-refractivity contribution in [2.75, 3.05) is 29.9 Å². The van der Waals surface area contributed by atoms with Crippen molar-refractivity contribution < 1.29 is 14.7 Å². The van der Waals surface area contributed by atoms with Gasteiger partial charge < -0.3 is 15.3 Å². The molecule has 11 heteroatoms. The highest BCUT2D eigenvalue weighted by Crippen LogP contribution is 2.38. The summed E-state index contributed by atoms with van der Waals surface area (Å²) in [5.41, 5.74) is 1.89. The minimum Gasteiger partial charge on any atom is -0.481 e. The number of anilines is 2. The number of aromatic nitrogens is 3. The van der Waals surface area contributed by atoms with E-state index < -0.39 is 11.4 Å². The summed E-state index contributed by atoms with van der Waals surface area (Å²) >= 11 is 5.01. The van der Waals surface area contributed by atoms with Crippen LogP contribution < -0.4 is 15.5 Å². The van der Waals surface area contributed by atoms with Crippen molar-refractivity contribution in [3.05, 3.63) is 29.0 Å². The molecule has 1 fully saturated rings. The zero-order valence-electron chi connectivity index (χ0n) is 19.1. The Hall–Kier alpha value is -2.79. The summed E-state index contributed by atoms with van der Waals surface area (Å²) in [6, 6.07) is 3.65. The highest BCUT2D eigenvalue weighted by Gasteiger charge is 2.41. The first-order chi connectivity index (χ1) is 16.3. The fourth-order valence-corrected chi connectivity index (χ4v) is 5.87. The number of amides is 2. The summed E-state index contributed by atoms with van der Waals surface area (Å²) in [5, 5.41) is 15.7. The number of piperidine rings is 1. The number of hydrogen-bond donors (Lipinski definition) is 3. The molecule has 1 aliphatic heterocycles. The fraction of sp³-hybridized carbons (Fsp3) is 0.435. The molecule has 4 rings (SSSR count). The first-order valence-corrected chi connectivity index (χ1v) is 12.9. The van der Waals surface area contributed by atoms with Gasteiger partial charge >= 0.3 is 12.0 Å². The number of thiazole rings is 1. The van der Waals surface area contributed by atoms with Gasteiger partial charge in [-0.2, -0.15) is 0 Å². The van der Waals surface area contributed by atoms with Crippen LogP contribution in [0.1, 0.15) is 39.5 Å². The largest absolute Gasteiger partial charge is 0.481 e. The maximum absolute atomic E-state index is 11.8. The van der Waals surface area contributed by atoms with Crippen molar-refractivity contribution in [1.29, 1.82) is 0 Å². The molecule has 9 nitrogen and oxygen atoms in total. The zero-order chi connectivity index (χ0) is 24.3. The summed E-state index contributed by atoms with van der Waals surface area (Å²) in [5.74, 6) is -0.0842. The lowest BCUT2D eigenvalue weighted by Crippen LogP contribution is -2.45. The Labute approximate surface area is 210 Å². The number of nitrogens with one attached hydrogen (secondary N) is 2. The highest BCUT2D eigenvalue weighted by molar-refractivity contribution is 9.10. The smallest absolute Gasteiger partial charge is 0.321 e. The van der Waals surface area contributed by atoms with Crippen LogP contribution in [-0.2, 0) is 4.79 Å². The second kappa shape index (κ2) is 10.2. The van der Waals surface area contributed by atoms with E-state index in [0.29, 0.717) is 50.0 Å². The Kier molecular flexibility index (Phi) is 7.32. The molecule has 180 valence electrons. The third kappa shape index (κ3) is 5.00. The molecule has 3 aromatic rings. The molecule has 1 aliphatic rings. The molecule has 2 aromatic heterocycles. The Morgan fingerprint density at radius 1 is 1.18 bits per heavy atom. The monoisotopic (exact) mass is 546 g/mol. The molecular weight excluding hydrogens is 520 g/mol. The number of nitrogens with zero attached hydrogens (tertiary/aromatic N) is 4. The van der Waals surface area contributed by atoms with Crippen LogP contribution in [-0.4, -0.2) is 51.7 Å². The Balaban J connectivity index is 1.50. The topological polar surface area (TPSA) is 120 Å². The van der Waals surface area contributed by atoms with Crippen molar-refractivity contribution in [2.24, 2.45) is 5.41 Å². The van der Waals surface area contributed by atoms with Crippen LogP contribution in [0.4, 0.5) is 15.9 Å². The number of urea groups is 1. The molecule has 0 atom stereocenters. The number of aliphatic carboxylic acids is 1. The van der Waals surface area contributed by atoms with Crippen molar-refractivity contribution in [3.63, 3.8) is 0 Å². The molecule has 0 aliphatic carbocycles. The summed E-state index contributed by atoms with van der Waals surface area (Å²) in [7, 11) is 0. The number of carboxylic acid groups (broad SMARTS) is 1. The molecule has 3 N–H and O–H groups in total. The van der Waals surface area contributed by atoms with Gasteiger partial charge in [-0.1, -0.05) is 24.7 Å². The number of carboxylic acids is 1. The first kappa shape index (κ1) is 24.3. The van der Waals surface area contributed by atoms with Gasteiger partial charge in [0.1, 0.15) is 0 Å². The zero-order valence-corrected chi connectivity index (χ0v) is 21.5. The molecule has 1 saturated heterocycles. The minimum absolute atomic E-state index is 0.283. The number of halogens is 1. The number of carbonyl (C=O) groups is 2. The van der Waals surface area contributed by atoms with Gasteiger partial charge in [0, 0.05) is 42.1 Å². The van der Waals surface area contributed by atoms with Crippen LogP contribution in [0.3, 0.4) is 0 Å². The van der Waals surface area contributed by atoms with E-state index >= 15 is 0 Å². The quantitative estimate of drug-likeness (QED) is 0.375. The second-order valence-electron chi connectivity index (χ2n) is 8.40. The van der Waals surface area contributed by atoms with Crippen molar-refractivity contribution in [3.8, 4) is 11.1 Å². The van der Waals surface area contributed by atoms with Gasteiger partial charge in [0.15, 0.2) is 5.13 Å². The molecule has 0 bridgehead atoms. The van der Waals surface area contributed by atoms with Crippen LogP contribution in [0.25, 0.3) is 21.3 Å². The van der Waals surface area contributed by atoms with Crippen LogP contribution >= 0.6 is 27.3 Å². The van der Waals surface area contributed by atoms with E-state index in [9.17, 15) is 14.7 Å². The maximum Gasteiger partial charge on any atom is 0.321 e. The van der Waals surface area contributed by atoms with Gasteiger partial charge in [-0.15, -0.1) is 0 Å². The van der Waals surface area contributed by atoms with Gasteiger partial charge in [0.05, 0.1) is 15.6 Å². The van der Waals surface area contributed by atoms with E-state index in [0.717, 1.165) is 32.2 Å². The van der Waals surface area contributed by atoms with Gasteiger partial charge in [-0.05, 0) is 59.8 Å². The van der Waals surface area contributed by atoms with Gasteiger partial charge in [-0.25, -0.2) is 19.7 Å². The van der Waals surface area contributed by atoms with Crippen LogP contribution in [0.15, 0.2) is 29.0 Å². The summed E-state index contributed by atoms with van der Waals surface area (Å²) < 4.78 is 1.82. The number of fused-ring (bicyclic) bond motifs is 1. The highest BCUT2D eigenvalue weighted by atomic mass is 79.9. The lowest BCUT2D eigenvalue weighted by Gasteiger charge is -2.38. The molecule has 0 spiro atoms. The average Bonchev–Trinajstić information content (AvgIpc) is 3.23. The molecular formula is C23H27BrN6O3S. The van der Waals surface area contributed by atoms with Crippen molar-refractivity contribution >= 4 is 60.6 Å². The third-order valence-electron chi connectivity index (χ3n) is 6.16. The standard InChI is InChI=1S/C23H27BrN6O3S/c1-3-5-23(19(31)32)6-8-30(9-7-23)20-26-12-15(13-27-20)14-10-16(24)18-17(11-14)28-22(34-18)29-21(33)25-4-2/h10-13H,3-9H2,1-2H3,(H,31,32)(H2,25,28,29,33). The van der Waals surface area contributed by atoms with Crippen molar-refractivity contribution in [1.82, 2.24) is 20.3 Å². The first-order valence-electron chi connectivity index (χ1n) is 11.3. The van der Waals surface area contributed by atoms with Crippen LogP contribution in [0.5, 0.6) is 0 Å². The van der Waals surface area contributed by atoms with E-state index in [1.807, 2.05) is 26.0 Å². The number of benzene rings is 1. The minimum atomic E-state index is -0.697. The summed E-state index contributed by atoms with van der Waals surface area (Å²) in [4.78, 5) is 39.4. The predicted molar refractivity (Wildman–Crippen MR) is 137 cm³/mol. The maximum atomic E-state index is 11.8. The number of rotatable bonds is 7.